The molecular weight excluding hydrogens is 302 g/mol. The number of nitrogens with one attached hydrogen (secondary N) is 2. The number of hydrogen-bond donors (Lipinski definition) is 2. The third-order valence-corrected chi connectivity index (χ3v) is 4.95. The van der Waals surface area contributed by atoms with Crippen molar-refractivity contribution in [1.82, 2.24) is 5.32 Å². The molecular formula is C15H19N3OS2. The number of hydrogen-bond acceptors (Lipinski definition) is 4. The molecule has 1 unspecified atom stereocenters. The number of amides is 1. The molecule has 0 saturated heterocycles. The van der Waals surface area contributed by atoms with E-state index in [4.69, 9.17) is 12.2 Å². The van der Waals surface area contributed by atoms with Crippen LogP contribution in [0.2, 0.25) is 0 Å². The molecule has 2 N–H and O–H groups in total. The van der Waals surface area contributed by atoms with Crippen LogP contribution in [0.15, 0.2) is 0 Å². The summed E-state index contributed by atoms with van der Waals surface area (Å²) in [7, 11) is 0. The molecule has 1 aliphatic rings. The first-order chi connectivity index (χ1) is 10.0. The first kappa shape index (κ1) is 15.9. The van der Waals surface area contributed by atoms with Gasteiger partial charge in [0.25, 0.3) is 0 Å². The Morgan fingerprint density at radius 2 is 2.33 bits per heavy atom. The maximum absolute atomic E-state index is 11.5. The van der Waals surface area contributed by atoms with Crippen LogP contribution in [0.1, 0.15) is 49.1 Å². The predicted octanol–water partition coefficient (Wildman–Crippen LogP) is 3.36. The summed E-state index contributed by atoms with van der Waals surface area (Å²) in [5.41, 5.74) is 1.85. The number of nitriles is 1. The van der Waals surface area contributed by atoms with Gasteiger partial charge in [-0.2, -0.15) is 5.26 Å². The standard InChI is InChI=1S/C15H19N3OS2/c1-3-4-13(19)17-15(20)18-14-11(8-16)10-6-5-9(2)7-12(10)21-14/h9H,3-7H2,1-2H3,(H2,17,18,19,20). The van der Waals surface area contributed by atoms with Gasteiger partial charge < -0.3 is 10.6 Å². The van der Waals surface area contributed by atoms with Gasteiger partial charge in [0.1, 0.15) is 11.1 Å². The molecule has 1 aromatic rings. The predicted molar refractivity (Wildman–Crippen MR) is 89.5 cm³/mol. The summed E-state index contributed by atoms with van der Waals surface area (Å²) in [6.45, 7) is 4.18. The van der Waals surface area contributed by atoms with Crippen LogP contribution in [-0.2, 0) is 17.6 Å². The van der Waals surface area contributed by atoms with Crippen molar-refractivity contribution in [2.24, 2.45) is 5.92 Å². The topological polar surface area (TPSA) is 64.9 Å². The van der Waals surface area contributed by atoms with E-state index in [9.17, 15) is 10.1 Å². The fraction of sp³-hybridized carbons (Fsp3) is 0.533. The molecule has 1 amide bonds. The number of carbonyl (C=O) groups is 1. The van der Waals surface area contributed by atoms with Gasteiger partial charge in [0.2, 0.25) is 5.91 Å². The van der Waals surface area contributed by atoms with Crippen molar-refractivity contribution >= 4 is 39.6 Å². The molecule has 4 nitrogen and oxygen atoms in total. The number of thiocarbonyl (C=S) groups is 1. The van der Waals surface area contributed by atoms with E-state index in [-0.39, 0.29) is 11.0 Å². The molecule has 1 aliphatic carbocycles. The number of fused-ring (bicyclic) bond motifs is 1. The van der Waals surface area contributed by atoms with Gasteiger partial charge in [-0.05, 0) is 49.4 Å². The summed E-state index contributed by atoms with van der Waals surface area (Å²) in [5, 5.41) is 16.1. The van der Waals surface area contributed by atoms with Crippen LogP contribution >= 0.6 is 23.6 Å². The second-order valence-corrected chi connectivity index (χ2v) is 6.93. The Balaban J connectivity index is 2.12. The lowest BCUT2D eigenvalue weighted by Gasteiger charge is -2.17. The van der Waals surface area contributed by atoms with Gasteiger partial charge in [0, 0.05) is 11.3 Å². The van der Waals surface area contributed by atoms with Crippen molar-refractivity contribution in [3.8, 4) is 6.07 Å². The third kappa shape index (κ3) is 3.80. The highest BCUT2D eigenvalue weighted by Gasteiger charge is 2.24. The zero-order valence-corrected chi connectivity index (χ0v) is 13.9. The van der Waals surface area contributed by atoms with Gasteiger partial charge in [-0.3, -0.25) is 4.79 Å². The number of rotatable bonds is 3. The highest BCUT2D eigenvalue weighted by Crippen LogP contribution is 2.39. The largest absolute Gasteiger partial charge is 0.323 e. The molecule has 0 spiro atoms. The molecule has 0 bridgehead atoms. The number of nitrogens with zero attached hydrogens (tertiary/aromatic N) is 1. The molecule has 1 heterocycles. The van der Waals surface area contributed by atoms with E-state index in [1.165, 1.54) is 4.88 Å². The number of anilines is 1. The molecule has 0 aromatic carbocycles. The average Bonchev–Trinajstić information content (AvgIpc) is 2.74. The Bertz CT molecular complexity index is 601. The van der Waals surface area contributed by atoms with Gasteiger partial charge in [0.05, 0.1) is 5.56 Å². The van der Waals surface area contributed by atoms with Crippen molar-refractivity contribution in [1.29, 1.82) is 5.26 Å². The second kappa shape index (κ2) is 7.01. The average molecular weight is 321 g/mol. The van der Waals surface area contributed by atoms with E-state index in [1.807, 2.05) is 6.92 Å². The summed E-state index contributed by atoms with van der Waals surface area (Å²) in [5.74, 6) is 0.565. The van der Waals surface area contributed by atoms with E-state index in [1.54, 1.807) is 11.3 Å². The molecule has 6 heteroatoms. The summed E-state index contributed by atoms with van der Waals surface area (Å²) in [6.07, 6.45) is 4.32. The maximum atomic E-state index is 11.5. The summed E-state index contributed by atoms with van der Waals surface area (Å²) < 4.78 is 0. The van der Waals surface area contributed by atoms with Crippen LogP contribution in [0.3, 0.4) is 0 Å². The van der Waals surface area contributed by atoms with Crippen molar-refractivity contribution in [3.05, 3.63) is 16.0 Å². The van der Waals surface area contributed by atoms with Gasteiger partial charge in [-0.15, -0.1) is 11.3 Å². The quantitative estimate of drug-likeness (QED) is 0.838. The normalized spacial score (nSPS) is 16.7. The zero-order chi connectivity index (χ0) is 15.4. The van der Waals surface area contributed by atoms with Crippen molar-refractivity contribution in [2.45, 2.75) is 46.0 Å². The van der Waals surface area contributed by atoms with Crippen LogP contribution in [0.25, 0.3) is 0 Å². The molecule has 21 heavy (non-hydrogen) atoms. The van der Waals surface area contributed by atoms with E-state index in [0.29, 0.717) is 17.9 Å². The minimum atomic E-state index is -0.0940. The van der Waals surface area contributed by atoms with Gasteiger partial charge in [0.15, 0.2) is 5.11 Å². The molecule has 112 valence electrons. The number of carbonyl (C=O) groups excluding carboxylic acids is 1. The highest BCUT2D eigenvalue weighted by atomic mass is 32.1. The van der Waals surface area contributed by atoms with Crippen LogP contribution in [0, 0.1) is 17.2 Å². The lowest BCUT2D eigenvalue weighted by molar-refractivity contribution is -0.119. The zero-order valence-electron chi connectivity index (χ0n) is 12.3. The first-order valence-corrected chi connectivity index (χ1v) is 8.43. The molecule has 1 aromatic heterocycles. The molecule has 0 fully saturated rings. The van der Waals surface area contributed by atoms with E-state index >= 15 is 0 Å². The maximum Gasteiger partial charge on any atom is 0.226 e. The van der Waals surface area contributed by atoms with Crippen LogP contribution < -0.4 is 10.6 Å². The Hall–Kier alpha value is -1.45. The smallest absolute Gasteiger partial charge is 0.226 e. The van der Waals surface area contributed by atoms with Gasteiger partial charge in [-0.25, -0.2) is 0 Å². The fourth-order valence-electron chi connectivity index (χ4n) is 2.51. The minimum Gasteiger partial charge on any atom is -0.323 e. The molecule has 2 rings (SSSR count). The Morgan fingerprint density at radius 1 is 1.57 bits per heavy atom. The van der Waals surface area contributed by atoms with E-state index in [2.05, 4.69) is 23.6 Å². The summed E-state index contributed by atoms with van der Waals surface area (Å²) >= 11 is 6.74. The molecule has 0 saturated carbocycles. The van der Waals surface area contributed by atoms with Crippen molar-refractivity contribution in [3.63, 3.8) is 0 Å². The van der Waals surface area contributed by atoms with Crippen LogP contribution in [0.5, 0.6) is 0 Å². The van der Waals surface area contributed by atoms with Crippen molar-refractivity contribution in [2.75, 3.05) is 5.32 Å². The molecule has 0 aliphatic heterocycles. The SMILES string of the molecule is CCCC(=O)NC(=S)Nc1sc2c(c1C#N)CCC(C)C2. The summed E-state index contributed by atoms with van der Waals surface area (Å²) in [4.78, 5) is 12.8. The molecule has 1 atom stereocenters. The lowest BCUT2D eigenvalue weighted by atomic mass is 9.89. The van der Waals surface area contributed by atoms with E-state index < -0.39 is 0 Å². The first-order valence-electron chi connectivity index (χ1n) is 7.20. The third-order valence-electron chi connectivity index (χ3n) is 3.58. The second-order valence-electron chi connectivity index (χ2n) is 5.42. The van der Waals surface area contributed by atoms with Crippen molar-refractivity contribution < 1.29 is 4.79 Å². The van der Waals surface area contributed by atoms with Crippen LogP contribution in [0.4, 0.5) is 5.00 Å². The Labute approximate surface area is 134 Å². The highest BCUT2D eigenvalue weighted by molar-refractivity contribution is 7.80. The molecule has 0 radical (unpaired) electrons. The number of thiophene rings is 1. The van der Waals surface area contributed by atoms with Gasteiger partial charge in [-0.1, -0.05) is 13.8 Å². The summed E-state index contributed by atoms with van der Waals surface area (Å²) in [6, 6.07) is 2.28. The Morgan fingerprint density at radius 3 is 3.00 bits per heavy atom. The van der Waals surface area contributed by atoms with E-state index in [0.717, 1.165) is 36.2 Å². The Kier molecular flexibility index (Phi) is 5.32. The monoisotopic (exact) mass is 321 g/mol. The minimum absolute atomic E-state index is 0.0940. The van der Waals surface area contributed by atoms with Crippen LogP contribution in [-0.4, -0.2) is 11.0 Å². The fourth-order valence-corrected chi connectivity index (χ4v) is 4.15. The lowest BCUT2D eigenvalue weighted by Crippen LogP contribution is -2.33. The van der Waals surface area contributed by atoms with Gasteiger partial charge >= 0.3 is 0 Å².